The lowest BCUT2D eigenvalue weighted by Gasteiger charge is -2.19. The van der Waals surface area contributed by atoms with Gasteiger partial charge < -0.3 is 15.4 Å². The van der Waals surface area contributed by atoms with Crippen molar-refractivity contribution in [2.24, 2.45) is 0 Å². The number of hydrogen-bond donors (Lipinski definition) is 2. The number of aryl methyl sites for hydroxylation is 1. The second-order valence-electron chi connectivity index (χ2n) is 5.70. The van der Waals surface area contributed by atoms with Crippen LogP contribution in [0.25, 0.3) is 11.0 Å². The third-order valence-corrected chi connectivity index (χ3v) is 3.03. The summed E-state index contributed by atoms with van der Waals surface area (Å²) in [7, 11) is 0. The van der Waals surface area contributed by atoms with E-state index in [0.717, 1.165) is 16.9 Å². The van der Waals surface area contributed by atoms with Gasteiger partial charge in [0.2, 0.25) is 0 Å². The van der Waals surface area contributed by atoms with Crippen LogP contribution >= 0.6 is 0 Å². The summed E-state index contributed by atoms with van der Waals surface area (Å²) in [5, 5.41) is 8.87. The van der Waals surface area contributed by atoms with Gasteiger partial charge in [0.15, 0.2) is 0 Å². The summed E-state index contributed by atoms with van der Waals surface area (Å²) in [6, 6.07) is 5.60. The Balaban J connectivity index is 2.62. The highest BCUT2D eigenvalue weighted by Gasteiger charge is 2.23. The van der Waals surface area contributed by atoms with Crippen LogP contribution in [0.4, 0.5) is 5.69 Å². The Bertz CT molecular complexity index is 623. The summed E-state index contributed by atoms with van der Waals surface area (Å²) in [5.74, 6) is 0.0484. The van der Waals surface area contributed by atoms with Crippen LogP contribution in [-0.2, 0) is 16.8 Å². The zero-order valence-electron chi connectivity index (χ0n) is 11.5. The van der Waals surface area contributed by atoms with E-state index in [1.165, 1.54) is 0 Å². The van der Waals surface area contributed by atoms with Crippen LogP contribution in [0.3, 0.4) is 0 Å². The van der Waals surface area contributed by atoms with Crippen LogP contribution in [-0.4, -0.2) is 20.6 Å². The summed E-state index contributed by atoms with van der Waals surface area (Å²) in [5.41, 5.74) is 8.05. The largest absolute Gasteiger partial charge is 0.481 e. The number of aromatic nitrogens is 2. The molecule has 1 aromatic carbocycles. The van der Waals surface area contributed by atoms with Crippen LogP contribution in [0, 0.1) is 0 Å². The van der Waals surface area contributed by atoms with Crippen molar-refractivity contribution in [1.82, 2.24) is 9.55 Å². The van der Waals surface area contributed by atoms with Crippen molar-refractivity contribution in [3.8, 4) is 0 Å². The SMILES string of the molecule is CC(C)(C)c1nc2c(N)cccc2n1CCC(=O)O. The Kier molecular flexibility index (Phi) is 3.22. The number of benzene rings is 1. The van der Waals surface area contributed by atoms with Crippen molar-refractivity contribution in [2.45, 2.75) is 39.2 Å². The fraction of sp³-hybridized carbons (Fsp3) is 0.429. The Hall–Kier alpha value is -2.04. The molecule has 0 atom stereocenters. The molecule has 0 aliphatic heterocycles. The molecule has 0 fully saturated rings. The van der Waals surface area contributed by atoms with E-state index in [0.29, 0.717) is 12.2 Å². The maximum Gasteiger partial charge on any atom is 0.305 e. The molecule has 0 aliphatic carbocycles. The fourth-order valence-corrected chi connectivity index (χ4v) is 2.18. The molecule has 19 heavy (non-hydrogen) atoms. The molecule has 0 saturated heterocycles. The van der Waals surface area contributed by atoms with Gasteiger partial charge in [-0.3, -0.25) is 4.79 Å². The van der Waals surface area contributed by atoms with Crippen LogP contribution in [0.2, 0.25) is 0 Å². The third kappa shape index (κ3) is 2.54. The molecule has 2 aromatic rings. The van der Waals surface area contributed by atoms with Gasteiger partial charge in [0.05, 0.1) is 17.6 Å². The molecule has 2 rings (SSSR count). The first-order valence-corrected chi connectivity index (χ1v) is 6.27. The summed E-state index contributed by atoms with van der Waals surface area (Å²) >= 11 is 0. The van der Waals surface area contributed by atoms with Crippen molar-refractivity contribution in [1.29, 1.82) is 0 Å². The zero-order chi connectivity index (χ0) is 14.2. The smallest absolute Gasteiger partial charge is 0.305 e. The first-order chi connectivity index (χ1) is 8.80. The Morgan fingerprint density at radius 1 is 1.42 bits per heavy atom. The summed E-state index contributed by atoms with van der Waals surface area (Å²) in [6.07, 6.45) is 0.0728. The number of carboxylic acids is 1. The second-order valence-corrected chi connectivity index (χ2v) is 5.70. The predicted octanol–water partition coefficient (Wildman–Crippen LogP) is 2.39. The number of nitrogens with zero attached hydrogens (tertiary/aromatic N) is 2. The molecule has 5 heteroatoms. The molecular weight excluding hydrogens is 242 g/mol. The van der Waals surface area contributed by atoms with Gasteiger partial charge in [0.1, 0.15) is 11.3 Å². The number of rotatable bonds is 3. The number of para-hydroxylation sites is 1. The van der Waals surface area contributed by atoms with Gasteiger partial charge >= 0.3 is 5.97 Å². The number of hydrogen-bond acceptors (Lipinski definition) is 3. The number of anilines is 1. The quantitative estimate of drug-likeness (QED) is 0.831. The lowest BCUT2D eigenvalue weighted by molar-refractivity contribution is -0.137. The molecule has 0 amide bonds. The van der Waals surface area contributed by atoms with E-state index in [2.05, 4.69) is 25.8 Å². The molecule has 1 heterocycles. The number of imidazole rings is 1. The third-order valence-electron chi connectivity index (χ3n) is 3.03. The van der Waals surface area contributed by atoms with Gasteiger partial charge in [-0.15, -0.1) is 0 Å². The lowest BCUT2D eigenvalue weighted by Crippen LogP contribution is -2.20. The molecule has 102 valence electrons. The standard InChI is InChI=1S/C14H19N3O2/c1-14(2,3)13-16-12-9(15)5-4-6-10(12)17(13)8-7-11(18)19/h4-6H,7-8,15H2,1-3H3,(H,18,19). The first-order valence-electron chi connectivity index (χ1n) is 6.27. The van der Waals surface area contributed by atoms with E-state index in [-0.39, 0.29) is 11.8 Å². The molecule has 0 unspecified atom stereocenters. The molecular formula is C14H19N3O2. The van der Waals surface area contributed by atoms with Gasteiger partial charge in [-0.25, -0.2) is 4.98 Å². The van der Waals surface area contributed by atoms with Crippen LogP contribution in [0.1, 0.15) is 33.0 Å². The minimum atomic E-state index is -0.814. The minimum Gasteiger partial charge on any atom is -0.481 e. The van der Waals surface area contributed by atoms with Crippen molar-refractivity contribution in [2.75, 3.05) is 5.73 Å². The van der Waals surface area contributed by atoms with E-state index in [1.807, 2.05) is 22.8 Å². The topological polar surface area (TPSA) is 81.1 Å². The molecule has 1 aromatic heterocycles. The van der Waals surface area contributed by atoms with Crippen LogP contribution in [0.5, 0.6) is 0 Å². The summed E-state index contributed by atoms with van der Waals surface area (Å²) in [4.78, 5) is 15.4. The average Bonchev–Trinajstić information content (AvgIpc) is 2.66. The summed E-state index contributed by atoms with van der Waals surface area (Å²) < 4.78 is 1.96. The maximum absolute atomic E-state index is 10.8. The minimum absolute atomic E-state index is 0.0728. The molecule has 3 N–H and O–H groups in total. The van der Waals surface area contributed by atoms with E-state index >= 15 is 0 Å². The Morgan fingerprint density at radius 2 is 2.11 bits per heavy atom. The second kappa shape index (κ2) is 4.57. The Morgan fingerprint density at radius 3 is 2.68 bits per heavy atom. The molecule has 0 spiro atoms. The van der Waals surface area contributed by atoms with Gasteiger partial charge in [0, 0.05) is 12.0 Å². The van der Waals surface area contributed by atoms with Crippen molar-refractivity contribution in [3.05, 3.63) is 24.0 Å². The first kappa shape index (κ1) is 13.4. The number of nitrogens with two attached hydrogens (primary N) is 1. The van der Waals surface area contributed by atoms with Crippen LogP contribution < -0.4 is 5.73 Å². The van der Waals surface area contributed by atoms with Crippen molar-refractivity contribution >= 4 is 22.7 Å². The number of fused-ring (bicyclic) bond motifs is 1. The fourth-order valence-electron chi connectivity index (χ4n) is 2.18. The molecule has 0 bridgehead atoms. The maximum atomic E-state index is 10.8. The van der Waals surface area contributed by atoms with Crippen LogP contribution in [0.15, 0.2) is 18.2 Å². The number of carbonyl (C=O) groups is 1. The zero-order valence-corrected chi connectivity index (χ0v) is 11.5. The summed E-state index contributed by atoms with van der Waals surface area (Å²) in [6.45, 7) is 6.58. The monoisotopic (exact) mass is 261 g/mol. The predicted molar refractivity (Wildman–Crippen MR) is 75.1 cm³/mol. The van der Waals surface area contributed by atoms with Gasteiger partial charge in [-0.05, 0) is 12.1 Å². The average molecular weight is 261 g/mol. The van der Waals surface area contributed by atoms with E-state index in [9.17, 15) is 4.79 Å². The van der Waals surface area contributed by atoms with Crippen molar-refractivity contribution < 1.29 is 9.90 Å². The molecule has 0 aliphatic rings. The van der Waals surface area contributed by atoms with Gasteiger partial charge in [-0.1, -0.05) is 26.8 Å². The van der Waals surface area contributed by atoms with Crippen molar-refractivity contribution in [3.63, 3.8) is 0 Å². The molecule has 0 radical (unpaired) electrons. The van der Waals surface area contributed by atoms with Gasteiger partial charge in [-0.2, -0.15) is 0 Å². The number of nitrogen functional groups attached to an aromatic ring is 1. The number of carboxylic acid groups (broad SMARTS) is 1. The normalized spacial score (nSPS) is 11.9. The van der Waals surface area contributed by atoms with E-state index in [1.54, 1.807) is 0 Å². The number of aliphatic carboxylic acids is 1. The molecule has 5 nitrogen and oxygen atoms in total. The van der Waals surface area contributed by atoms with E-state index in [4.69, 9.17) is 10.8 Å². The lowest BCUT2D eigenvalue weighted by atomic mass is 9.95. The van der Waals surface area contributed by atoms with E-state index < -0.39 is 5.97 Å². The van der Waals surface area contributed by atoms with Gasteiger partial charge in [0.25, 0.3) is 0 Å². The Labute approximate surface area is 112 Å². The highest BCUT2D eigenvalue weighted by atomic mass is 16.4. The highest BCUT2D eigenvalue weighted by molar-refractivity contribution is 5.87. The molecule has 0 saturated carbocycles. The highest BCUT2D eigenvalue weighted by Crippen LogP contribution is 2.29.